The van der Waals surface area contributed by atoms with Crippen molar-refractivity contribution in [3.8, 4) is 0 Å². The number of amides is 1. The topological polar surface area (TPSA) is 74.8 Å². The molecule has 1 amide bonds. The molecule has 0 radical (unpaired) electrons. The normalized spacial score (nSPS) is 11.1. The van der Waals surface area contributed by atoms with E-state index in [0.29, 0.717) is 5.82 Å². The maximum atomic E-state index is 11.6. The smallest absolute Gasteiger partial charge is 0.264 e. The van der Waals surface area contributed by atoms with Crippen molar-refractivity contribution in [1.82, 2.24) is 10.2 Å². The molecule has 2 N–H and O–H groups in total. The van der Waals surface area contributed by atoms with Gasteiger partial charge in [0.2, 0.25) is 5.91 Å². The molecule has 0 fully saturated rings. The third kappa shape index (κ3) is 3.06. The van der Waals surface area contributed by atoms with Gasteiger partial charge in [-0.25, -0.2) is 5.10 Å². The summed E-state index contributed by atoms with van der Waals surface area (Å²) in [5, 5.41) is 8.43. The summed E-state index contributed by atoms with van der Waals surface area (Å²) >= 11 is 5.64. The van der Waals surface area contributed by atoms with Crippen molar-refractivity contribution in [2.24, 2.45) is 5.41 Å². The van der Waals surface area contributed by atoms with Crippen LogP contribution in [-0.2, 0) is 4.79 Å². The number of halogens is 1. The first kappa shape index (κ1) is 11.7. The van der Waals surface area contributed by atoms with E-state index in [-0.39, 0.29) is 17.3 Å². The van der Waals surface area contributed by atoms with Gasteiger partial charge in [0.1, 0.15) is 0 Å². The maximum Gasteiger partial charge on any atom is 0.264 e. The Balaban J connectivity index is 2.75. The van der Waals surface area contributed by atoms with Crippen LogP contribution < -0.4 is 10.9 Å². The summed E-state index contributed by atoms with van der Waals surface area (Å²) in [6.07, 6.45) is 0. The molecule has 1 aromatic rings. The van der Waals surface area contributed by atoms with Gasteiger partial charge in [0.05, 0.1) is 5.41 Å². The van der Waals surface area contributed by atoms with Gasteiger partial charge in [-0.2, -0.15) is 5.10 Å². The minimum atomic E-state index is -0.667. The first-order chi connectivity index (χ1) is 6.95. The quantitative estimate of drug-likeness (QED) is 0.759. The number of H-pyrrole nitrogens is 1. The number of hydrogen-bond donors (Lipinski definition) is 2. The van der Waals surface area contributed by atoms with E-state index in [2.05, 4.69) is 15.5 Å². The maximum absolute atomic E-state index is 11.6. The highest BCUT2D eigenvalue weighted by atomic mass is 35.5. The lowest BCUT2D eigenvalue weighted by Crippen LogP contribution is -2.32. The minimum absolute atomic E-state index is 0.211. The van der Waals surface area contributed by atoms with E-state index in [1.807, 2.05) is 0 Å². The molecule has 15 heavy (non-hydrogen) atoms. The molecule has 1 rings (SSSR count). The number of rotatable bonds is 3. The van der Waals surface area contributed by atoms with Crippen molar-refractivity contribution >= 4 is 23.3 Å². The van der Waals surface area contributed by atoms with Gasteiger partial charge in [0.15, 0.2) is 5.82 Å². The van der Waals surface area contributed by atoms with Crippen LogP contribution in [0, 0.1) is 5.41 Å². The molecule has 6 heteroatoms. The molecule has 1 aromatic heterocycles. The number of alkyl halides is 1. The van der Waals surface area contributed by atoms with Gasteiger partial charge in [-0.1, -0.05) is 0 Å². The number of anilines is 1. The molecule has 0 spiro atoms. The summed E-state index contributed by atoms with van der Waals surface area (Å²) in [5.74, 6) is 0.275. The summed E-state index contributed by atoms with van der Waals surface area (Å²) < 4.78 is 0. The third-order valence-electron chi connectivity index (χ3n) is 1.87. The molecule has 0 aliphatic carbocycles. The predicted octanol–water partition coefficient (Wildman–Crippen LogP) is 0.973. The number of carbonyl (C=O) groups is 1. The fourth-order valence-corrected chi connectivity index (χ4v) is 0.882. The van der Waals surface area contributed by atoms with Gasteiger partial charge in [0, 0.05) is 11.9 Å². The van der Waals surface area contributed by atoms with Crippen molar-refractivity contribution in [1.29, 1.82) is 0 Å². The first-order valence-corrected chi connectivity index (χ1v) is 4.92. The zero-order valence-electron chi connectivity index (χ0n) is 8.50. The van der Waals surface area contributed by atoms with E-state index < -0.39 is 5.41 Å². The standard InChI is InChI=1S/C9H12ClN3O2/c1-9(2,5-10)8(15)11-6-3-4-7(14)13-12-6/h3-4H,5H2,1-2H3,(H,13,14)(H,11,12,15). The van der Waals surface area contributed by atoms with Crippen LogP contribution >= 0.6 is 11.6 Å². The van der Waals surface area contributed by atoms with E-state index in [1.165, 1.54) is 12.1 Å². The zero-order valence-corrected chi connectivity index (χ0v) is 9.26. The molecule has 82 valence electrons. The Bertz CT molecular complexity index is 394. The average Bonchev–Trinajstić information content (AvgIpc) is 2.21. The highest BCUT2D eigenvalue weighted by Gasteiger charge is 2.26. The van der Waals surface area contributed by atoms with Gasteiger partial charge >= 0.3 is 0 Å². The first-order valence-electron chi connectivity index (χ1n) is 4.39. The van der Waals surface area contributed by atoms with E-state index >= 15 is 0 Å². The highest BCUT2D eigenvalue weighted by Crippen LogP contribution is 2.18. The monoisotopic (exact) mass is 229 g/mol. The SMILES string of the molecule is CC(C)(CCl)C(=O)Nc1ccc(=O)[nH]n1. The lowest BCUT2D eigenvalue weighted by molar-refractivity contribution is -0.123. The van der Waals surface area contributed by atoms with Gasteiger partial charge in [-0.05, 0) is 19.9 Å². The highest BCUT2D eigenvalue weighted by molar-refractivity contribution is 6.20. The van der Waals surface area contributed by atoms with Crippen molar-refractivity contribution < 1.29 is 4.79 Å². The Labute approximate surface area is 91.8 Å². The lowest BCUT2D eigenvalue weighted by atomic mass is 9.95. The summed E-state index contributed by atoms with van der Waals surface area (Å²) in [6, 6.07) is 2.72. The molecule has 0 saturated heterocycles. The van der Waals surface area contributed by atoms with E-state index in [1.54, 1.807) is 13.8 Å². The number of hydrogen-bond acceptors (Lipinski definition) is 3. The molecule has 0 aromatic carbocycles. The van der Waals surface area contributed by atoms with Gasteiger partial charge < -0.3 is 5.32 Å². The van der Waals surface area contributed by atoms with Gasteiger partial charge in [-0.3, -0.25) is 9.59 Å². The molecule has 1 heterocycles. The van der Waals surface area contributed by atoms with E-state index in [9.17, 15) is 9.59 Å². The number of aromatic amines is 1. The summed E-state index contributed by atoms with van der Waals surface area (Å²) in [7, 11) is 0. The van der Waals surface area contributed by atoms with Crippen molar-refractivity contribution in [3.05, 3.63) is 22.5 Å². The number of carbonyl (C=O) groups excluding carboxylic acids is 1. The lowest BCUT2D eigenvalue weighted by Gasteiger charge is -2.19. The van der Waals surface area contributed by atoms with Crippen molar-refractivity contribution in [2.45, 2.75) is 13.8 Å². The molecule has 0 unspecified atom stereocenters. The Kier molecular flexibility index (Phi) is 3.47. The number of aromatic nitrogens is 2. The average molecular weight is 230 g/mol. The predicted molar refractivity (Wildman–Crippen MR) is 58.0 cm³/mol. The van der Waals surface area contributed by atoms with E-state index in [4.69, 9.17) is 11.6 Å². The molecule has 0 aliphatic rings. The second-order valence-electron chi connectivity index (χ2n) is 3.78. The minimum Gasteiger partial charge on any atom is -0.309 e. The summed E-state index contributed by atoms with van der Waals surface area (Å²) in [5.41, 5.74) is -0.982. The summed E-state index contributed by atoms with van der Waals surface area (Å²) in [4.78, 5) is 22.3. The van der Waals surface area contributed by atoms with Gasteiger partial charge in [-0.15, -0.1) is 11.6 Å². The van der Waals surface area contributed by atoms with Crippen molar-refractivity contribution in [2.75, 3.05) is 11.2 Å². The number of nitrogens with one attached hydrogen (secondary N) is 2. The number of nitrogens with zero attached hydrogens (tertiary/aromatic N) is 1. The Hall–Kier alpha value is -1.36. The molecule has 0 atom stereocenters. The zero-order chi connectivity index (χ0) is 11.5. The van der Waals surface area contributed by atoms with Crippen LogP contribution in [-0.4, -0.2) is 22.0 Å². The molecule has 0 aliphatic heterocycles. The van der Waals surface area contributed by atoms with Crippen LogP contribution in [0.25, 0.3) is 0 Å². The molecular weight excluding hydrogens is 218 g/mol. The van der Waals surface area contributed by atoms with Crippen molar-refractivity contribution in [3.63, 3.8) is 0 Å². The van der Waals surface area contributed by atoms with Crippen LogP contribution in [0.2, 0.25) is 0 Å². The Morgan fingerprint density at radius 3 is 2.73 bits per heavy atom. The second-order valence-corrected chi connectivity index (χ2v) is 4.05. The van der Waals surface area contributed by atoms with Crippen LogP contribution in [0.3, 0.4) is 0 Å². The molecular formula is C9H12ClN3O2. The second kappa shape index (κ2) is 4.44. The largest absolute Gasteiger partial charge is 0.309 e. The third-order valence-corrected chi connectivity index (χ3v) is 2.54. The van der Waals surface area contributed by atoms with Crippen LogP contribution in [0.5, 0.6) is 0 Å². The van der Waals surface area contributed by atoms with E-state index in [0.717, 1.165) is 0 Å². The molecule has 0 saturated carbocycles. The Morgan fingerprint density at radius 2 is 2.27 bits per heavy atom. The molecule has 0 bridgehead atoms. The fourth-order valence-electron chi connectivity index (χ4n) is 0.760. The van der Waals surface area contributed by atoms with Crippen LogP contribution in [0.15, 0.2) is 16.9 Å². The fraction of sp³-hybridized carbons (Fsp3) is 0.444. The van der Waals surface area contributed by atoms with Crippen LogP contribution in [0.4, 0.5) is 5.82 Å². The molecule has 5 nitrogen and oxygen atoms in total. The summed E-state index contributed by atoms with van der Waals surface area (Å²) in [6.45, 7) is 3.45. The van der Waals surface area contributed by atoms with Crippen LogP contribution in [0.1, 0.15) is 13.8 Å². The Morgan fingerprint density at radius 1 is 1.60 bits per heavy atom. The van der Waals surface area contributed by atoms with Gasteiger partial charge in [0.25, 0.3) is 5.56 Å².